The standard InChI is InChI=1S/C17H20BrNO2/c1-4-15(12-5-8-14(20-2)9-6-12)19-16-11-13(18)7-10-17(16)21-3/h5-11,15,19H,4H2,1-3H3. The number of nitrogens with one attached hydrogen (secondary N) is 1. The Morgan fingerprint density at radius 1 is 1.05 bits per heavy atom. The van der Waals surface area contributed by atoms with Gasteiger partial charge in [0.2, 0.25) is 0 Å². The molecule has 0 bridgehead atoms. The summed E-state index contributed by atoms with van der Waals surface area (Å²) in [5, 5.41) is 3.55. The van der Waals surface area contributed by atoms with Crippen LogP contribution in [0.2, 0.25) is 0 Å². The van der Waals surface area contributed by atoms with E-state index in [0.29, 0.717) is 0 Å². The molecule has 0 heterocycles. The highest BCUT2D eigenvalue weighted by molar-refractivity contribution is 9.10. The van der Waals surface area contributed by atoms with Crippen LogP contribution < -0.4 is 14.8 Å². The molecule has 21 heavy (non-hydrogen) atoms. The van der Waals surface area contributed by atoms with Crippen molar-refractivity contribution >= 4 is 21.6 Å². The van der Waals surface area contributed by atoms with Crippen molar-refractivity contribution < 1.29 is 9.47 Å². The molecule has 1 N–H and O–H groups in total. The molecule has 112 valence electrons. The van der Waals surface area contributed by atoms with Crippen LogP contribution in [0.25, 0.3) is 0 Å². The molecule has 2 rings (SSSR count). The maximum absolute atomic E-state index is 5.41. The van der Waals surface area contributed by atoms with Crippen molar-refractivity contribution in [3.63, 3.8) is 0 Å². The van der Waals surface area contributed by atoms with Crippen molar-refractivity contribution in [2.75, 3.05) is 19.5 Å². The third-order valence-electron chi connectivity index (χ3n) is 3.42. The molecular formula is C17H20BrNO2. The molecule has 2 aromatic rings. The van der Waals surface area contributed by atoms with Crippen LogP contribution in [0.5, 0.6) is 11.5 Å². The number of methoxy groups -OCH3 is 2. The van der Waals surface area contributed by atoms with Gasteiger partial charge in [-0.3, -0.25) is 0 Å². The quantitative estimate of drug-likeness (QED) is 0.793. The number of ether oxygens (including phenoxy) is 2. The highest BCUT2D eigenvalue weighted by Gasteiger charge is 2.12. The Balaban J connectivity index is 2.23. The van der Waals surface area contributed by atoms with E-state index in [1.54, 1.807) is 14.2 Å². The second kappa shape index (κ2) is 7.36. The number of rotatable bonds is 6. The van der Waals surface area contributed by atoms with Gasteiger partial charge in [-0.25, -0.2) is 0 Å². The lowest BCUT2D eigenvalue weighted by Crippen LogP contribution is -2.10. The molecule has 0 aliphatic carbocycles. The Labute approximate surface area is 134 Å². The smallest absolute Gasteiger partial charge is 0.142 e. The Kier molecular flexibility index (Phi) is 5.51. The van der Waals surface area contributed by atoms with Gasteiger partial charge in [-0.2, -0.15) is 0 Å². The van der Waals surface area contributed by atoms with Gasteiger partial charge in [-0.15, -0.1) is 0 Å². The van der Waals surface area contributed by atoms with Crippen molar-refractivity contribution in [2.45, 2.75) is 19.4 Å². The summed E-state index contributed by atoms with van der Waals surface area (Å²) < 4.78 is 11.6. The predicted octanol–water partition coefficient (Wildman–Crippen LogP) is 5.03. The fourth-order valence-corrected chi connectivity index (χ4v) is 2.60. The number of anilines is 1. The van der Waals surface area contributed by atoms with Gasteiger partial charge in [-0.05, 0) is 42.3 Å². The molecule has 0 spiro atoms. The summed E-state index contributed by atoms with van der Waals surface area (Å²) in [6.07, 6.45) is 0.974. The van der Waals surface area contributed by atoms with E-state index in [0.717, 1.165) is 28.1 Å². The van der Waals surface area contributed by atoms with Crippen molar-refractivity contribution in [2.24, 2.45) is 0 Å². The van der Waals surface area contributed by atoms with Crippen molar-refractivity contribution in [3.05, 3.63) is 52.5 Å². The van der Waals surface area contributed by atoms with E-state index in [1.165, 1.54) is 5.56 Å². The monoisotopic (exact) mass is 349 g/mol. The van der Waals surface area contributed by atoms with E-state index in [4.69, 9.17) is 9.47 Å². The van der Waals surface area contributed by atoms with Crippen LogP contribution in [0.4, 0.5) is 5.69 Å². The average molecular weight is 350 g/mol. The molecular weight excluding hydrogens is 330 g/mol. The first kappa shape index (κ1) is 15.7. The summed E-state index contributed by atoms with van der Waals surface area (Å²) in [6.45, 7) is 2.16. The summed E-state index contributed by atoms with van der Waals surface area (Å²) in [4.78, 5) is 0. The maximum Gasteiger partial charge on any atom is 0.142 e. The fraction of sp³-hybridized carbons (Fsp3) is 0.294. The van der Waals surface area contributed by atoms with Crippen LogP contribution in [-0.2, 0) is 0 Å². The molecule has 0 aromatic heterocycles. The Bertz CT molecular complexity index is 584. The van der Waals surface area contributed by atoms with Crippen molar-refractivity contribution in [1.29, 1.82) is 0 Å². The van der Waals surface area contributed by atoms with Crippen molar-refractivity contribution in [3.8, 4) is 11.5 Å². The molecule has 0 radical (unpaired) electrons. The second-order valence-corrected chi connectivity index (χ2v) is 5.64. The molecule has 0 saturated heterocycles. The molecule has 0 aliphatic rings. The van der Waals surface area contributed by atoms with Gasteiger partial charge in [0.05, 0.1) is 25.9 Å². The van der Waals surface area contributed by atoms with E-state index in [2.05, 4.69) is 40.3 Å². The first-order valence-electron chi connectivity index (χ1n) is 6.92. The molecule has 0 saturated carbocycles. The van der Waals surface area contributed by atoms with E-state index in [1.807, 2.05) is 30.3 Å². The molecule has 1 unspecified atom stereocenters. The fourth-order valence-electron chi connectivity index (χ4n) is 2.24. The van der Waals surface area contributed by atoms with Gasteiger partial charge < -0.3 is 14.8 Å². The summed E-state index contributed by atoms with van der Waals surface area (Å²) in [5.41, 5.74) is 2.20. The second-order valence-electron chi connectivity index (χ2n) is 4.72. The Morgan fingerprint density at radius 2 is 1.76 bits per heavy atom. The highest BCUT2D eigenvalue weighted by Crippen LogP contribution is 2.32. The van der Waals surface area contributed by atoms with Crippen LogP contribution >= 0.6 is 15.9 Å². The van der Waals surface area contributed by atoms with Crippen LogP contribution in [-0.4, -0.2) is 14.2 Å². The summed E-state index contributed by atoms with van der Waals surface area (Å²) in [6, 6.07) is 14.3. The Morgan fingerprint density at radius 3 is 2.33 bits per heavy atom. The topological polar surface area (TPSA) is 30.5 Å². The number of hydrogen-bond donors (Lipinski definition) is 1. The lowest BCUT2D eigenvalue weighted by atomic mass is 10.0. The van der Waals surface area contributed by atoms with Crippen LogP contribution in [0.3, 0.4) is 0 Å². The Hall–Kier alpha value is -1.68. The first-order chi connectivity index (χ1) is 10.2. The van der Waals surface area contributed by atoms with Crippen LogP contribution in [0, 0.1) is 0 Å². The number of benzene rings is 2. The highest BCUT2D eigenvalue weighted by atomic mass is 79.9. The zero-order chi connectivity index (χ0) is 15.2. The first-order valence-corrected chi connectivity index (χ1v) is 7.71. The largest absolute Gasteiger partial charge is 0.497 e. The van der Waals surface area contributed by atoms with Crippen LogP contribution in [0.15, 0.2) is 46.9 Å². The van der Waals surface area contributed by atoms with Gasteiger partial charge in [-0.1, -0.05) is 35.0 Å². The van der Waals surface area contributed by atoms with Crippen LogP contribution in [0.1, 0.15) is 24.9 Å². The van der Waals surface area contributed by atoms with Crippen molar-refractivity contribution in [1.82, 2.24) is 0 Å². The molecule has 0 aliphatic heterocycles. The summed E-state index contributed by atoms with van der Waals surface area (Å²) in [5.74, 6) is 1.71. The van der Waals surface area contributed by atoms with Gasteiger partial charge in [0.1, 0.15) is 11.5 Å². The maximum atomic E-state index is 5.41. The van der Waals surface area contributed by atoms with E-state index < -0.39 is 0 Å². The van der Waals surface area contributed by atoms with E-state index in [-0.39, 0.29) is 6.04 Å². The zero-order valence-corrected chi connectivity index (χ0v) is 14.1. The molecule has 3 nitrogen and oxygen atoms in total. The summed E-state index contributed by atoms with van der Waals surface area (Å²) >= 11 is 3.50. The average Bonchev–Trinajstić information content (AvgIpc) is 2.53. The van der Waals surface area contributed by atoms with Gasteiger partial charge >= 0.3 is 0 Å². The molecule has 4 heteroatoms. The SMILES string of the molecule is CCC(Nc1cc(Br)ccc1OC)c1ccc(OC)cc1. The minimum absolute atomic E-state index is 0.221. The van der Waals surface area contributed by atoms with E-state index in [9.17, 15) is 0 Å². The lowest BCUT2D eigenvalue weighted by molar-refractivity contribution is 0.414. The predicted molar refractivity (Wildman–Crippen MR) is 90.3 cm³/mol. The normalized spacial score (nSPS) is 11.8. The van der Waals surface area contributed by atoms with Gasteiger partial charge in [0.15, 0.2) is 0 Å². The molecule has 2 aromatic carbocycles. The lowest BCUT2D eigenvalue weighted by Gasteiger charge is -2.21. The number of halogens is 1. The van der Waals surface area contributed by atoms with Gasteiger partial charge in [0.25, 0.3) is 0 Å². The minimum atomic E-state index is 0.221. The third-order valence-corrected chi connectivity index (χ3v) is 3.91. The number of hydrogen-bond acceptors (Lipinski definition) is 3. The van der Waals surface area contributed by atoms with Gasteiger partial charge in [0, 0.05) is 4.47 Å². The molecule has 0 fully saturated rings. The van der Waals surface area contributed by atoms with E-state index >= 15 is 0 Å². The third kappa shape index (κ3) is 3.91. The zero-order valence-electron chi connectivity index (χ0n) is 12.5. The summed E-state index contributed by atoms with van der Waals surface area (Å²) in [7, 11) is 3.36. The molecule has 1 atom stereocenters. The molecule has 0 amide bonds. The minimum Gasteiger partial charge on any atom is -0.497 e.